The van der Waals surface area contributed by atoms with Crippen LogP contribution in [0, 0.1) is 5.82 Å². The molecule has 1 N–H and O–H groups in total. The fourth-order valence-corrected chi connectivity index (χ4v) is 4.90. The average molecular weight is 472 g/mol. The standard InChI is InChI=1S/C22H18FN3O4S2/c23-18-6-8-20(9-7-18)32(28,29)25-22-26(10-12-31-22)15-16-3-1-4-17(13-16)21(27)24-14-19-5-2-11-30-19/h1-13H,14-15H2,(H,24,27)/b25-22-. The molecule has 0 aliphatic heterocycles. The number of carbonyl (C=O) groups excluding carboxylic acids is 1. The van der Waals surface area contributed by atoms with E-state index >= 15 is 0 Å². The number of hydrogen-bond acceptors (Lipinski definition) is 5. The molecule has 4 rings (SSSR count). The summed E-state index contributed by atoms with van der Waals surface area (Å²) >= 11 is 1.16. The summed E-state index contributed by atoms with van der Waals surface area (Å²) in [5.74, 6) is -0.123. The molecule has 0 radical (unpaired) electrons. The Morgan fingerprint density at radius 3 is 2.69 bits per heavy atom. The first-order valence-electron chi connectivity index (χ1n) is 9.51. The molecule has 164 valence electrons. The quantitative estimate of drug-likeness (QED) is 0.446. The fraction of sp³-hybridized carbons (Fsp3) is 0.0909. The molecular weight excluding hydrogens is 453 g/mol. The van der Waals surface area contributed by atoms with Crippen molar-refractivity contribution < 1.29 is 22.0 Å². The highest BCUT2D eigenvalue weighted by Gasteiger charge is 2.14. The smallest absolute Gasteiger partial charge is 0.285 e. The molecule has 2 heterocycles. The van der Waals surface area contributed by atoms with Crippen LogP contribution in [0.1, 0.15) is 21.7 Å². The Kier molecular flexibility index (Phi) is 6.33. The summed E-state index contributed by atoms with van der Waals surface area (Å²) in [6.07, 6.45) is 3.26. The molecule has 0 saturated heterocycles. The highest BCUT2D eigenvalue weighted by atomic mass is 32.2. The van der Waals surface area contributed by atoms with Crippen molar-refractivity contribution in [1.82, 2.24) is 9.88 Å². The topological polar surface area (TPSA) is 93.7 Å². The number of amides is 1. The Hall–Kier alpha value is -3.50. The zero-order valence-corrected chi connectivity index (χ0v) is 18.3. The van der Waals surface area contributed by atoms with Crippen molar-refractivity contribution in [2.75, 3.05) is 0 Å². The molecule has 0 aliphatic carbocycles. The monoisotopic (exact) mass is 471 g/mol. The van der Waals surface area contributed by atoms with Gasteiger partial charge in [0, 0.05) is 23.7 Å². The third-order valence-corrected chi connectivity index (χ3v) is 6.71. The molecule has 4 aromatic rings. The molecule has 0 spiro atoms. The van der Waals surface area contributed by atoms with Crippen LogP contribution in [0.3, 0.4) is 0 Å². The Morgan fingerprint density at radius 1 is 1.12 bits per heavy atom. The lowest BCUT2D eigenvalue weighted by Gasteiger charge is -2.07. The molecule has 2 aromatic carbocycles. The number of rotatable bonds is 7. The molecule has 0 aliphatic rings. The second-order valence-corrected chi connectivity index (χ2v) is 9.27. The van der Waals surface area contributed by atoms with Crippen LogP contribution in [0.15, 0.2) is 92.2 Å². The zero-order chi connectivity index (χ0) is 22.6. The van der Waals surface area contributed by atoms with Crippen molar-refractivity contribution in [3.05, 3.63) is 106 Å². The Labute approximate surface area is 187 Å². The molecule has 0 fully saturated rings. The van der Waals surface area contributed by atoms with Gasteiger partial charge >= 0.3 is 0 Å². The van der Waals surface area contributed by atoms with E-state index in [4.69, 9.17) is 4.42 Å². The van der Waals surface area contributed by atoms with Gasteiger partial charge in [-0.25, -0.2) is 4.39 Å². The van der Waals surface area contributed by atoms with Gasteiger partial charge in [-0.1, -0.05) is 12.1 Å². The minimum absolute atomic E-state index is 0.0888. The Bertz CT molecular complexity index is 1390. The third kappa shape index (κ3) is 5.21. The highest BCUT2D eigenvalue weighted by molar-refractivity contribution is 7.90. The number of nitrogens with zero attached hydrogens (tertiary/aromatic N) is 2. The van der Waals surface area contributed by atoms with E-state index in [-0.39, 0.29) is 22.1 Å². The molecule has 0 atom stereocenters. The summed E-state index contributed by atoms with van der Waals surface area (Å²) in [5, 5.41) is 4.51. The predicted molar refractivity (Wildman–Crippen MR) is 117 cm³/mol. The summed E-state index contributed by atoms with van der Waals surface area (Å²) in [6.45, 7) is 0.597. The summed E-state index contributed by atoms with van der Waals surface area (Å²) in [7, 11) is -3.99. The lowest BCUT2D eigenvalue weighted by molar-refractivity contribution is 0.0948. The van der Waals surface area contributed by atoms with Crippen LogP contribution in [0.25, 0.3) is 0 Å². The van der Waals surface area contributed by atoms with Crippen molar-refractivity contribution in [1.29, 1.82) is 0 Å². The average Bonchev–Trinajstić information content (AvgIpc) is 3.45. The van der Waals surface area contributed by atoms with Crippen molar-refractivity contribution in [3.63, 3.8) is 0 Å². The van der Waals surface area contributed by atoms with Crippen molar-refractivity contribution >= 4 is 27.3 Å². The minimum Gasteiger partial charge on any atom is -0.467 e. The highest BCUT2D eigenvalue weighted by Crippen LogP contribution is 2.13. The number of halogens is 1. The summed E-state index contributed by atoms with van der Waals surface area (Å²) in [4.78, 5) is 12.6. The molecule has 7 nitrogen and oxygen atoms in total. The van der Waals surface area contributed by atoms with Crippen molar-refractivity contribution in [3.8, 4) is 0 Å². The number of aromatic nitrogens is 1. The maximum atomic E-state index is 13.1. The van der Waals surface area contributed by atoms with Crippen LogP contribution >= 0.6 is 11.3 Å². The van der Waals surface area contributed by atoms with Crippen LogP contribution < -0.4 is 10.1 Å². The maximum Gasteiger partial charge on any atom is 0.285 e. The number of carbonyl (C=O) groups is 1. The largest absolute Gasteiger partial charge is 0.467 e. The first-order valence-corrected chi connectivity index (χ1v) is 11.8. The third-order valence-electron chi connectivity index (χ3n) is 4.52. The lowest BCUT2D eigenvalue weighted by Crippen LogP contribution is -2.23. The van der Waals surface area contributed by atoms with Crippen LogP contribution in [-0.4, -0.2) is 18.9 Å². The van der Waals surface area contributed by atoms with Crippen molar-refractivity contribution in [2.45, 2.75) is 18.0 Å². The van der Waals surface area contributed by atoms with Gasteiger partial charge in [0.15, 0.2) is 0 Å². The van der Waals surface area contributed by atoms with E-state index in [1.807, 2.05) is 6.07 Å². The number of furan rings is 1. The van der Waals surface area contributed by atoms with E-state index in [2.05, 4.69) is 9.71 Å². The normalized spacial score (nSPS) is 12.1. The lowest BCUT2D eigenvalue weighted by atomic mass is 10.1. The second-order valence-electron chi connectivity index (χ2n) is 6.80. The van der Waals surface area contributed by atoms with Gasteiger partial charge in [0.05, 0.1) is 17.7 Å². The van der Waals surface area contributed by atoms with Gasteiger partial charge in [-0.05, 0) is 54.1 Å². The van der Waals surface area contributed by atoms with Gasteiger partial charge in [0.25, 0.3) is 15.9 Å². The van der Waals surface area contributed by atoms with Gasteiger partial charge in [0.2, 0.25) is 4.80 Å². The van der Waals surface area contributed by atoms with Gasteiger partial charge < -0.3 is 14.3 Å². The van der Waals surface area contributed by atoms with Gasteiger partial charge in [0.1, 0.15) is 11.6 Å². The molecule has 1 amide bonds. The van der Waals surface area contributed by atoms with Crippen LogP contribution in [-0.2, 0) is 23.1 Å². The number of benzene rings is 2. The molecule has 10 heteroatoms. The van der Waals surface area contributed by atoms with Crippen molar-refractivity contribution in [2.24, 2.45) is 4.40 Å². The van der Waals surface area contributed by atoms with E-state index in [1.165, 1.54) is 12.1 Å². The number of sulfonamides is 1. The minimum atomic E-state index is -3.99. The van der Waals surface area contributed by atoms with E-state index in [0.29, 0.717) is 17.9 Å². The van der Waals surface area contributed by atoms with Crippen LogP contribution in [0.5, 0.6) is 0 Å². The van der Waals surface area contributed by atoms with Crippen LogP contribution in [0.2, 0.25) is 0 Å². The molecular formula is C22H18FN3O4S2. The maximum absolute atomic E-state index is 13.1. The SMILES string of the molecule is O=C(NCc1ccco1)c1cccc(Cn2ccs/c2=N\S(=O)(=O)c2ccc(F)cc2)c1. The zero-order valence-electron chi connectivity index (χ0n) is 16.6. The van der Waals surface area contributed by atoms with Gasteiger partial charge in [-0.3, -0.25) is 4.79 Å². The Morgan fingerprint density at radius 2 is 1.94 bits per heavy atom. The molecule has 2 aromatic heterocycles. The van der Waals surface area contributed by atoms with E-state index in [9.17, 15) is 17.6 Å². The van der Waals surface area contributed by atoms with Gasteiger partial charge in [-0.2, -0.15) is 8.42 Å². The predicted octanol–water partition coefficient (Wildman–Crippen LogP) is 3.55. The summed E-state index contributed by atoms with van der Waals surface area (Å²) < 4.78 is 49.0. The van der Waals surface area contributed by atoms with Gasteiger partial charge in [-0.15, -0.1) is 15.7 Å². The van der Waals surface area contributed by atoms with E-state index in [0.717, 1.165) is 29.0 Å². The molecule has 0 saturated carbocycles. The summed E-state index contributed by atoms with van der Waals surface area (Å²) in [6, 6.07) is 15.1. The second kappa shape index (κ2) is 9.33. The first kappa shape index (κ1) is 21.7. The molecule has 0 unspecified atom stereocenters. The van der Waals surface area contributed by atoms with Crippen LogP contribution in [0.4, 0.5) is 4.39 Å². The van der Waals surface area contributed by atoms with E-state index < -0.39 is 15.8 Å². The number of thiazole rings is 1. The molecule has 0 bridgehead atoms. The first-order chi connectivity index (χ1) is 15.4. The fourth-order valence-electron chi connectivity index (χ4n) is 2.94. The number of nitrogens with one attached hydrogen (secondary N) is 1. The molecule has 32 heavy (non-hydrogen) atoms. The summed E-state index contributed by atoms with van der Waals surface area (Å²) in [5.41, 5.74) is 1.27. The Balaban J connectivity index is 1.53. The number of hydrogen-bond donors (Lipinski definition) is 1. The van der Waals surface area contributed by atoms with E-state index in [1.54, 1.807) is 52.7 Å².